The van der Waals surface area contributed by atoms with Gasteiger partial charge in [-0.25, -0.2) is 4.39 Å². The molecule has 2 N–H and O–H groups in total. The highest BCUT2D eigenvalue weighted by Gasteiger charge is 2.74. The molecule has 5 atom stereocenters. The second kappa shape index (κ2) is 6.71. The van der Waals surface area contributed by atoms with E-state index in [1.165, 1.54) is 18.2 Å². The van der Waals surface area contributed by atoms with Crippen molar-refractivity contribution in [3.63, 3.8) is 0 Å². The van der Waals surface area contributed by atoms with Crippen molar-refractivity contribution in [3.8, 4) is 11.5 Å². The minimum Gasteiger partial charge on any atom is -0.504 e. The van der Waals surface area contributed by atoms with Crippen molar-refractivity contribution < 1.29 is 28.9 Å². The number of rotatable bonds is 3. The molecule has 180 valence electrons. The van der Waals surface area contributed by atoms with Crippen molar-refractivity contribution >= 4 is 11.8 Å². The molecule has 2 aliphatic carbocycles. The summed E-state index contributed by atoms with van der Waals surface area (Å²) < 4.78 is 21.0. The van der Waals surface area contributed by atoms with Crippen LogP contribution >= 0.6 is 0 Å². The van der Waals surface area contributed by atoms with E-state index in [2.05, 4.69) is 11.5 Å². The van der Waals surface area contributed by atoms with E-state index in [-0.39, 0.29) is 22.9 Å². The number of carbonyl (C=O) groups is 2. The Morgan fingerprint density at radius 3 is 2.80 bits per heavy atom. The number of aliphatic hydroxyl groups is 1. The zero-order valence-electron chi connectivity index (χ0n) is 19.0. The summed E-state index contributed by atoms with van der Waals surface area (Å²) in [6, 6.07) is 6.66. The Morgan fingerprint density at radius 1 is 1.20 bits per heavy atom. The van der Waals surface area contributed by atoms with Gasteiger partial charge in [0.05, 0.1) is 28.2 Å². The van der Waals surface area contributed by atoms with Gasteiger partial charge in [0.1, 0.15) is 11.9 Å². The summed E-state index contributed by atoms with van der Waals surface area (Å²) in [5.41, 5.74) is -0.434. The van der Waals surface area contributed by atoms with Crippen LogP contribution in [-0.4, -0.2) is 68.7 Å². The lowest BCUT2D eigenvalue weighted by atomic mass is 9.48. The zero-order valence-corrected chi connectivity index (χ0v) is 19.0. The van der Waals surface area contributed by atoms with Crippen molar-refractivity contribution in [1.82, 2.24) is 9.80 Å². The number of likely N-dealkylation sites (tertiary alicyclic amines) is 1. The fourth-order valence-electron chi connectivity index (χ4n) is 7.82. The Hall–Kier alpha value is -3.23. The van der Waals surface area contributed by atoms with Crippen LogP contribution in [0, 0.1) is 5.82 Å². The van der Waals surface area contributed by atoms with Crippen LogP contribution in [0.15, 0.2) is 43.0 Å². The number of benzene rings is 2. The molecule has 7 rings (SSSR count). The molecule has 2 bridgehead atoms. The molecule has 2 aromatic carbocycles. The summed E-state index contributed by atoms with van der Waals surface area (Å²) in [7, 11) is 0. The first-order valence-corrected chi connectivity index (χ1v) is 12.1. The molecule has 8 heteroatoms. The first-order chi connectivity index (χ1) is 16.8. The summed E-state index contributed by atoms with van der Waals surface area (Å²) in [5, 5.41) is 23.2. The Bertz CT molecular complexity index is 1340. The predicted molar refractivity (Wildman–Crippen MR) is 123 cm³/mol. The number of hydrogen-bond donors (Lipinski definition) is 2. The third-order valence-corrected chi connectivity index (χ3v) is 9.13. The molecule has 1 unspecified atom stereocenters. The third-order valence-electron chi connectivity index (χ3n) is 9.13. The van der Waals surface area contributed by atoms with E-state index in [9.17, 15) is 24.2 Å². The molecule has 0 aromatic heterocycles. The molecule has 2 amide bonds. The number of phenols is 1. The molecule has 2 aromatic rings. The van der Waals surface area contributed by atoms with Crippen LogP contribution in [0.1, 0.15) is 51.1 Å². The Morgan fingerprint density at radius 2 is 2.03 bits per heavy atom. The highest BCUT2D eigenvalue weighted by molar-refractivity contribution is 6.21. The quantitative estimate of drug-likeness (QED) is 0.523. The number of fused-ring (bicyclic) bond motifs is 1. The summed E-state index contributed by atoms with van der Waals surface area (Å²) in [6.45, 7) is 5.19. The Labute approximate surface area is 201 Å². The van der Waals surface area contributed by atoms with E-state index < -0.39 is 40.8 Å². The van der Waals surface area contributed by atoms with Gasteiger partial charge in [-0.2, -0.15) is 0 Å². The van der Waals surface area contributed by atoms with Crippen molar-refractivity contribution in [2.45, 2.75) is 54.9 Å². The minimum atomic E-state index is -1.18. The average molecular weight is 477 g/mol. The van der Waals surface area contributed by atoms with Gasteiger partial charge in [-0.1, -0.05) is 18.2 Å². The van der Waals surface area contributed by atoms with Gasteiger partial charge >= 0.3 is 0 Å². The molecule has 0 radical (unpaired) electrons. The Kier molecular flexibility index (Phi) is 4.04. The zero-order chi connectivity index (χ0) is 24.3. The molecule has 2 fully saturated rings. The van der Waals surface area contributed by atoms with E-state index in [4.69, 9.17) is 4.74 Å². The first-order valence-electron chi connectivity index (χ1n) is 12.1. The highest BCUT2D eigenvalue weighted by Crippen LogP contribution is 2.66. The van der Waals surface area contributed by atoms with Crippen LogP contribution in [-0.2, 0) is 11.8 Å². The van der Waals surface area contributed by atoms with Gasteiger partial charge < -0.3 is 14.9 Å². The number of hydrogen-bond acceptors (Lipinski definition) is 6. The van der Waals surface area contributed by atoms with Gasteiger partial charge in [-0.15, -0.1) is 6.58 Å². The summed E-state index contributed by atoms with van der Waals surface area (Å²) in [4.78, 5) is 30.1. The molecule has 35 heavy (non-hydrogen) atoms. The molecule has 5 aliphatic rings. The maximum atomic E-state index is 14.6. The fourth-order valence-corrected chi connectivity index (χ4v) is 7.82. The van der Waals surface area contributed by atoms with Crippen molar-refractivity contribution in [2.24, 2.45) is 0 Å². The second-order valence-electron chi connectivity index (χ2n) is 10.4. The van der Waals surface area contributed by atoms with E-state index in [1.54, 1.807) is 6.07 Å². The third kappa shape index (κ3) is 2.28. The van der Waals surface area contributed by atoms with Gasteiger partial charge in [0.15, 0.2) is 11.5 Å². The first kappa shape index (κ1) is 21.1. The molecular formula is C27H25FN2O5. The van der Waals surface area contributed by atoms with Gasteiger partial charge in [0.25, 0.3) is 11.8 Å². The monoisotopic (exact) mass is 476 g/mol. The average Bonchev–Trinajstić information content (AvgIpc) is 3.31. The molecule has 7 nitrogen and oxygen atoms in total. The smallest absolute Gasteiger partial charge is 0.264 e. The number of amides is 2. The standard InChI is InChI=1S/C27H25FN2O5/c1-2-11-29-12-10-26-21-14-6-7-18(31)22(21)35-23(26)17(8-9-27(26,34)19(29)13-14)30-24(32)15-4-3-5-16(28)20(15)25(30)33/h2-7,17,19,23,31,34H,1,8-13H2/t17-,19+,23-,26-,27?/m0/s1. The number of nitrogens with zero attached hydrogens (tertiary/aromatic N) is 2. The molecule has 3 aliphatic heterocycles. The SMILES string of the molecule is C=CCN1CC[C@]23c4c5ccc(O)c4O[C@H]2[C@@H](N2C(=O)c4cccc(F)c4C2=O)CCC3(O)[C@H]1C5. The van der Waals surface area contributed by atoms with Crippen molar-refractivity contribution in [2.75, 3.05) is 13.1 Å². The van der Waals surface area contributed by atoms with Crippen molar-refractivity contribution in [1.29, 1.82) is 0 Å². The van der Waals surface area contributed by atoms with Crippen LogP contribution in [0.4, 0.5) is 4.39 Å². The summed E-state index contributed by atoms with van der Waals surface area (Å²) in [6.07, 6.45) is 2.89. The number of ether oxygens (including phenoxy) is 1. The van der Waals surface area contributed by atoms with Gasteiger partial charge in [0.2, 0.25) is 0 Å². The van der Waals surface area contributed by atoms with E-state index >= 15 is 0 Å². The number of phenolic OH excluding ortho intramolecular Hbond substituents is 1. The molecule has 3 heterocycles. The summed E-state index contributed by atoms with van der Waals surface area (Å²) in [5.74, 6) is -1.63. The van der Waals surface area contributed by atoms with Crippen LogP contribution < -0.4 is 4.74 Å². The lowest BCUT2D eigenvalue weighted by molar-refractivity contribution is -0.194. The van der Waals surface area contributed by atoms with Crippen LogP contribution in [0.3, 0.4) is 0 Å². The topological polar surface area (TPSA) is 90.3 Å². The maximum absolute atomic E-state index is 14.6. The van der Waals surface area contributed by atoms with Crippen LogP contribution in [0.25, 0.3) is 0 Å². The van der Waals surface area contributed by atoms with Crippen LogP contribution in [0.5, 0.6) is 11.5 Å². The lowest BCUT2D eigenvalue weighted by Crippen LogP contribution is -2.78. The van der Waals surface area contributed by atoms with Crippen molar-refractivity contribution in [3.05, 3.63) is 71.1 Å². The molecule has 1 saturated carbocycles. The molecular weight excluding hydrogens is 451 g/mol. The van der Waals surface area contributed by atoms with Gasteiger partial charge in [-0.3, -0.25) is 19.4 Å². The maximum Gasteiger partial charge on any atom is 0.264 e. The van der Waals surface area contributed by atoms with Gasteiger partial charge in [0, 0.05) is 18.2 Å². The largest absolute Gasteiger partial charge is 0.504 e. The van der Waals surface area contributed by atoms with E-state index in [0.717, 1.165) is 16.0 Å². The number of halogens is 1. The summed E-state index contributed by atoms with van der Waals surface area (Å²) >= 11 is 0. The molecule has 1 saturated heterocycles. The second-order valence-corrected chi connectivity index (χ2v) is 10.4. The predicted octanol–water partition coefficient (Wildman–Crippen LogP) is 2.54. The normalized spacial score (nSPS) is 34.5. The lowest BCUT2D eigenvalue weighted by Gasteiger charge is -2.64. The number of aromatic hydroxyl groups is 1. The van der Waals surface area contributed by atoms with E-state index in [1.807, 2.05) is 12.1 Å². The molecule has 1 spiro atoms. The highest BCUT2D eigenvalue weighted by atomic mass is 19.1. The van der Waals surface area contributed by atoms with Crippen LogP contribution in [0.2, 0.25) is 0 Å². The number of imide groups is 1. The number of carbonyl (C=O) groups excluding carboxylic acids is 2. The van der Waals surface area contributed by atoms with E-state index in [0.29, 0.717) is 44.5 Å². The van der Waals surface area contributed by atoms with Gasteiger partial charge in [-0.05, 0) is 56.0 Å². The minimum absolute atomic E-state index is 0.0194. The fraction of sp³-hybridized carbons (Fsp3) is 0.407. The Balaban J connectivity index is 1.40. The number of piperidine rings is 1.